The maximum absolute atomic E-state index is 12.3. The first kappa shape index (κ1) is 17.1. The molecular weight excluding hydrogens is 290 g/mol. The summed E-state index contributed by atoms with van der Waals surface area (Å²) in [6, 6.07) is 0.727. The smallest absolute Gasteiger partial charge is 0.279 e. The van der Waals surface area contributed by atoms with E-state index in [1.54, 1.807) is 11.4 Å². The summed E-state index contributed by atoms with van der Waals surface area (Å²) >= 11 is 0. The van der Waals surface area contributed by atoms with Crippen molar-refractivity contribution in [2.24, 2.45) is 5.92 Å². The summed E-state index contributed by atoms with van der Waals surface area (Å²) in [5, 5.41) is 3.53. The van der Waals surface area contributed by atoms with E-state index in [1.807, 2.05) is 13.8 Å². The van der Waals surface area contributed by atoms with Crippen molar-refractivity contribution in [2.45, 2.75) is 51.2 Å². The molecule has 2 aliphatic rings. The number of ether oxygens (including phenoxy) is 1. The van der Waals surface area contributed by atoms with Crippen LogP contribution in [0.4, 0.5) is 0 Å². The fraction of sp³-hybridized carbons (Fsp3) is 1.00. The third kappa shape index (κ3) is 5.49. The van der Waals surface area contributed by atoms with Crippen LogP contribution in [0.25, 0.3) is 0 Å². The Morgan fingerprint density at radius 2 is 1.81 bits per heavy atom. The molecule has 1 aliphatic carbocycles. The number of hydrogen-bond donors (Lipinski definition) is 2. The Morgan fingerprint density at radius 3 is 2.33 bits per heavy atom. The van der Waals surface area contributed by atoms with Crippen molar-refractivity contribution in [1.29, 1.82) is 0 Å². The lowest BCUT2D eigenvalue weighted by Gasteiger charge is -2.32. The van der Waals surface area contributed by atoms with E-state index in [9.17, 15) is 8.42 Å². The van der Waals surface area contributed by atoms with Crippen LogP contribution < -0.4 is 10.0 Å². The van der Waals surface area contributed by atoms with Gasteiger partial charge in [0.25, 0.3) is 10.2 Å². The van der Waals surface area contributed by atoms with Crippen LogP contribution >= 0.6 is 0 Å². The van der Waals surface area contributed by atoms with E-state index in [0.29, 0.717) is 19.0 Å². The minimum Gasteiger partial charge on any atom is -0.377 e. The quantitative estimate of drug-likeness (QED) is 0.691. The van der Waals surface area contributed by atoms with Gasteiger partial charge in [-0.15, -0.1) is 0 Å². The predicted molar refractivity (Wildman–Crippen MR) is 83.3 cm³/mol. The summed E-state index contributed by atoms with van der Waals surface area (Å²) in [6.45, 7) is 6.27. The van der Waals surface area contributed by atoms with E-state index in [4.69, 9.17) is 4.74 Å². The average molecular weight is 319 g/mol. The van der Waals surface area contributed by atoms with Crippen molar-refractivity contribution in [3.05, 3.63) is 0 Å². The van der Waals surface area contributed by atoms with E-state index in [1.165, 1.54) is 12.8 Å². The van der Waals surface area contributed by atoms with Crippen LogP contribution in [0.1, 0.15) is 39.5 Å². The Morgan fingerprint density at radius 1 is 1.19 bits per heavy atom. The highest BCUT2D eigenvalue weighted by Crippen LogP contribution is 2.22. The summed E-state index contributed by atoms with van der Waals surface area (Å²) in [7, 11) is -1.80. The van der Waals surface area contributed by atoms with Crippen molar-refractivity contribution in [3.63, 3.8) is 0 Å². The standard InChI is InChI=1S/C14H29N3O3S/c1-14(2,20-3)11-16-21(18,19)17-8-6-12(7-9-17)10-15-13-4-5-13/h12-13,15-16H,4-11H2,1-3H3. The normalized spacial score (nSPS) is 22.6. The second-order valence-electron chi connectivity index (χ2n) is 6.81. The molecule has 2 N–H and O–H groups in total. The summed E-state index contributed by atoms with van der Waals surface area (Å²) < 4.78 is 34.0. The van der Waals surface area contributed by atoms with Crippen molar-refractivity contribution in [3.8, 4) is 0 Å². The van der Waals surface area contributed by atoms with Crippen molar-refractivity contribution < 1.29 is 13.2 Å². The van der Waals surface area contributed by atoms with Crippen LogP contribution in [-0.2, 0) is 14.9 Å². The average Bonchev–Trinajstić information content (AvgIpc) is 3.28. The van der Waals surface area contributed by atoms with Gasteiger partial charge >= 0.3 is 0 Å². The molecule has 1 aliphatic heterocycles. The molecule has 1 heterocycles. The lowest BCUT2D eigenvalue weighted by molar-refractivity contribution is 0.0272. The van der Waals surface area contributed by atoms with Crippen molar-refractivity contribution in [2.75, 3.05) is 33.3 Å². The van der Waals surface area contributed by atoms with E-state index in [-0.39, 0.29) is 6.54 Å². The molecule has 2 fully saturated rings. The van der Waals surface area contributed by atoms with Gasteiger partial charge in [-0.05, 0) is 52.0 Å². The van der Waals surface area contributed by atoms with E-state index < -0.39 is 15.8 Å². The highest BCUT2D eigenvalue weighted by Gasteiger charge is 2.30. The first-order valence-corrected chi connectivity index (χ1v) is 9.30. The Hall–Kier alpha value is -0.210. The zero-order chi connectivity index (χ0) is 15.5. The molecule has 2 rings (SSSR count). The maximum Gasteiger partial charge on any atom is 0.279 e. The molecule has 21 heavy (non-hydrogen) atoms. The molecule has 0 atom stereocenters. The molecule has 0 aromatic rings. The fourth-order valence-corrected chi connectivity index (χ4v) is 3.81. The Kier molecular flexibility index (Phi) is 5.65. The summed E-state index contributed by atoms with van der Waals surface area (Å²) in [6.07, 6.45) is 4.47. The van der Waals surface area contributed by atoms with Gasteiger partial charge in [0.05, 0.1) is 5.60 Å². The minimum absolute atomic E-state index is 0.287. The van der Waals surface area contributed by atoms with Gasteiger partial charge in [0, 0.05) is 32.8 Å². The monoisotopic (exact) mass is 319 g/mol. The number of rotatable bonds is 8. The lowest BCUT2D eigenvalue weighted by atomic mass is 9.98. The number of hydrogen-bond acceptors (Lipinski definition) is 4. The Bertz CT molecular complexity index is 427. The van der Waals surface area contributed by atoms with E-state index >= 15 is 0 Å². The second kappa shape index (κ2) is 6.91. The predicted octanol–water partition coefficient (Wildman–Crippen LogP) is 0.710. The third-order valence-electron chi connectivity index (χ3n) is 4.42. The third-order valence-corrected chi connectivity index (χ3v) is 5.97. The molecule has 0 unspecified atom stereocenters. The summed E-state index contributed by atoms with van der Waals surface area (Å²) in [5.41, 5.74) is -0.487. The zero-order valence-electron chi connectivity index (χ0n) is 13.4. The summed E-state index contributed by atoms with van der Waals surface area (Å²) in [5.74, 6) is 0.604. The van der Waals surface area contributed by atoms with Gasteiger partial charge in [-0.1, -0.05) is 0 Å². The van der Waals surface area contributed by atoms with Gasteiger partial charge in [0.1, 0.15) is 0 Å². The topological polar surface area (TPSA) is 70.7 Å². The van der Waals surface area contributed by atoms with Crippen LogP contribution in [0, 0.1) is 5.92 Å². The Labute approximate surface area is 128 Å². The second-order valence-corrected chi connectivity index (χ2v) is 8.57. The minimum atomic E-state index is -3.39. The molecular formula is C14H29N3O3S. The molecule has 7 heteroatoms. The van der Waals surface area contributed by atoms with Crippen LogP contribution in [0.3, 0.4) is 0 Å². The molecule has 0 spiro atoms. The van der Waals surface area contributed by atoms with Gasteiger partial charge in [-0.2, -0.15) is 17.4 Å². The highest BCUT2D eigenvalue weighted by molar-refractivity contribution is 7.87. The number of methoxy groups -OCH3 is 1. The molecule has 0 amide bonds. The first-order chi connectivity index (χ1) is 9.82. The lowest BCUT2D eigenvalue weighted by Crippen LogP contribution is -2.49. The number of nitrogens with one attached hydrogen (secondary N) is 2. The molecule has 0 radical (unpaired) electrons. The molecule has 1 saturated heterocycles. The first-order valence-electron chi connectivity index (χ1n) is 7.86. The number of piperidine rings is 1. The van der Waals surface area contributed by atoms with Crippen LogP contribution in [0.15, 0.2) is 0 Å². The maximum atomic E-state index is 12.3. The van der Waals surface area contributed by atoms with Crippen LogP contribution in [-0.4, -0.2) is 57.7 Å². The SMILES string of the molecule is COC(C)(C)CNS(=O)(=O)N1CCC(CNC2CC2)CC1. The van der Waals surface area contributed by atoms with Crippen LogP contribution in [0.2, 0.25) is 0 Å². The fourth-order valence-electron chi connectivity index (χ4n) is 2.40. The van der Waals surface area contributed by atoms with Gasteiger partial charge < -0.3 is 10.1 Å². The van der Waals surface area contributed by atoms with Gasteiger partial charge in [-0.3, -0.25) is 0 Å². The molecule has 0 aromatic heterocycles. The zero-order valence-corrected chi connectivity index (χ0v) is 14.2. The van der Waals surface area contributed by atoms with Gasteiger partial charge in [0.15, 0.2) is 0 Å². The summed E-state index contributed by atoms with van der Waals surface area (Å²) in [4.78, 5) is 0. The van der Waals surface area contributed by atoms with Gasteiger partial charge in [0.2, 0.25) is 0 Å². The van der Waals surface area contributed by atoms with E-state index in [0.717, 1.165) is 25.4 Å². The highest BCUT2D eigenvalue weighted by atomic mass is 32.2. The Balaban J connectivity index is 1.74. The van der Waals surface area contributed by atoms with Crippen LogP contribution in [0.5, 0.6) is 0 Å². The molecule has 124 valence electrons. The molecule has 6 nitrogen and oxygen atoms in total. The largest absolute Gasteiger partial charge is 0.377 e. The number of nitrogens with zero attached hydrogens (tertiary/aromatic N) is 1. The molecule has 1 saturated carbocycles. The van der Waals surface area contributed by atoms with Crippen molar-refractivity contribution in [1.82, 2.24) is 14.3 Å². The van der Waals surface area contributed by atoms with E-state index in [2.05, 4.69) is 10.0 Å². The molecule has 0 aromatic carbocycles. The van der Waals surface area contributed by atoms with Crippen molar-refractivity contribution >= 4 is 10.2 Å². The van der Waals surface area contributed by atoms with Gasteiger partial charge in [-0.25, -0.2) is 0 Å². The molecule has 0 bridgehead atoms.